The first-order valence-electron chi connectivity index (χ1n) is 6.26. The van der Waals surface area contributed by atoms with Gasteiger partial charge in [-0.25, -0.2) is 0 Å². The number of nitriles is 1. The Morgan fingerprint density at radius 2 is 2.05 bits per heavy atom. The standard InChI is InChI=1S/C14H13BrN4O/c1-3-11-12(6-16)14(19-18-13(11)4-2)20-10-5-9(15)7-17-8-10/h5,7-8H,3-4H2,1-2H3. The number of hydrogen-bond acceptors (Lipinski definition) is 5. The van der Waals surface area contributed by atoms with Crippen LogP contribution in [0.2, 0.25) is 0 Å². The minimum Gasteiger partial charge on any atom is -0.435 e. The maximum absolute atomic E-state index is 9.36. The number of aromatic nitrogens is 3. The SMILES string of the molecule is CCc1nnc(Oc2cncc(Br)c2)c(C#N)c1CC. The Morgan fingerprint density at radius 3 is 2.65 bits per heavy atom. The van der Waals surface area contributed by atoms with Crippen LogP contribution in [0.5, 0.6) is 11.6 Å². The summed E-state index contributed by atoms with van der Waals surface area (Å²) in [4.78, 5) is 4.01. The normalized spacial score (nSPS) is 10.1. The molecule has 2 aromatic rings. The molecule has 0 saturated heterocycles. The summed E-state index contributed by atoms with van der Waals surface area (Å²) in [5.74, 6) is 0.734. The van der Waals surface area contributed by atoms with Crippen LogP contribution in [0.3, 0.4) is 0 Å². The highest BCUT2D eigenvalue weighted by molar-refractivity contribution is 9.10. The topological polar surface area (TPSA) is 71.7 Å². The molecule has 0 spiro atoms. The van der Waals surface area contributed by atoms with Crippen molar-refractivity contribution in [3.05, 3.63) is 39.8 Å². The summed E-state index contributed by atoms with van der Waals surface area (Å²) in [5.41, 5.74) is 2.17. The molecular weight excluding hydrogens is 320 g/mol. The number of rotatable bonds is 4. The molecule has 102 valence electrons. The molecule has 0 saturated carbocycles. The summed E-state index contributed by atoms with van der Waals surface area (Å²) in [7, 11) is 0. The fourth-order valence-electron chi connectivity index (χ4n) is 1.90. The first-order valence-corrected chi connectivity index (χ1v) is 7.05. The zero-order chi connectivity index (χ0) is 14.5. The van der Waals surface area contributed by atoms with Crippen LogP contribution < -0.4 is 4.74 Å². The minimum atomic E-state index is 0.224. The molecule has 0 aliphatic rings. The van der Waals surface area contributed by atoms with Gasteiger partial charge in [-0.05, 0) is 40.4 Å². The van der Waals surface area contributed by atoms with E-state index in [0.29, 0.717) is 17.7 Å². The molecule has 0 fully saturated rings. The molecule has 2 aromatic heterocycles. The lowest BCUT2D eigenvalue weighted by Gasteiger charge is -2.10. The van der Waals surface area contributed by atoms with E-state index in [4.69, 9.17) is 4.74 Å². The highest BCUT2D eigenvalue weighted by Gasteiger charge is 2.16. The fraction of sp³-hybridized carbons (Fsp3) is 0.286. The molecule has 0 aromatic carbocycles. The zero-order valence-corrected chi connectivity index (χ0v) is 12.8. The van der Waals surface area contributed by atoms with Crippen molar-refractivity contribution in [1.82, 2.24) is 15.2 Å². The monoisotopic (exact) mass is 332 g/mol. The molecule has 0 N–H and O–H groups in total. The van der Waals surface area contributed by atoms with Crippen molar-refractivity contribution < 1.29 is 4.74 Å². The summed E-state index contributed by atoms with van der Waals surface area (Å²) in [5, 5.41) is 17.5. The summed E-state index contributed by atoms with van der Waals surface area (Å²) in [6.45, 7) is 3.98. The van der Waals surface area contributed by atoms with Gasteiger partial charge in [0.15, 0.2) is 0 Å². The van der Waals surface area contributed by atoms with Gasteiger partial charge in [-0.2, -0.15) is 10.4 Å². The molecule has 20 heavy (non-hydrogen) atoms. The molecular formula is C14H13BrN4O. The van der Waals surface area contributed by atoms with Crippen molar-refractivity contribution in [3.63, 3.8) is 0 Å². The second-order valence-corrected chi connectivity index (χ2v) is 4.98. The summed E-state index contributed by atoms with van der Waals surface area (Å²) in [6.07, 6.45) is 4.67. The van der Waals surface area contributed by atoms with Gasteiger partial charge in [-0.1, -0.05) is 13.8 Å². The number of nitrogens with zero attached hydrogens (tertiary/aromatic N) is 4. The Morgan fingerprint density at radius 1 is 1.25 bits per heavy atom. The number of aryl methyl sites for hydroxylation is 1. The van der Waals surface area contributed by atoms with Gasteiger partial charge < -0.3 is 4.74 Å². The lowest BCUT2D eigenvalue weighted by Crippen LogP contribution is -2.05. The third-order valence-electron chi connectivity index (χ3n) is 2.82. The largest absolute Gasteiger partial charge is 0.435 e. The third-order valence-corrected chi connectivity index (χ3v) is 3.25. The van der Waals surface area contributed by atoms with E-state index in [0.717, 1.165) is 22.2 Å². The number of pyridine rings is 1. The molecule has 0 radical (unpaired) electrons. The summed E-state index contributed by atoms with van der Waals surface area (Å²) < 4.78 is 6.43. The maximum Gasteiger partial charge on any atom is 0.257 e. The molecule has 2 rings (SSSR count). The van der Waals surface area contributed by atoms with Gasteiger partial charge in [-0.15, -0.1) is 5.10 Å². The lowest BCUT2D eigenvalue weighted by molar-refractivity contribution is 0.448. The van der Waals surface area contributed by atoms with E-state index in [-0.39, 0.29) is 5.88 Å². The molecule has 0 aliphatic heterocycles. The molecule has 0 bridgehead atoms. The Hall–Kier alpha value is -2.00. The van der Waals surface area contributed by atoms with Crippen LogP contribution >= 0.6 is 15.9 Å². The van der Waals surface area contributed by atoms with E-state index in [2.05, 4.69) is 37.2 Å². The summed E-state index contributed by atoms with van der Waals surface area (Å²) in [6, 6.07) is 3.92. The highest BCUT2D eigenvalue weighted by atomic mass is 79.9. The average molecular weight is 333 g/mol. The van der Waals surface area contributed by atoms with Crippen molar-refractivity contribution >= 4 is 15.9 Å². The first-order chi connectivity index (χ1) is 9.69. The number of ether oxygens (including phenoxy) is 1. The zero-order valence-electron chi connectivity index (χ0n) is 11.2. The van der Waals surface area contributed by atoms with Gasteiger partial charge in [0.25, 0.3) is 5.88 Å². The number of halogens is 1. The molecule has 2 heterocycles. The number of hydrogen-bond donors (Lipinski definition) is 0. The predicted molar refractivity (Wildman–Crippen MR) is 77.5 cm³/mol. The van der Waals surface area contributed by atoms with Gasteiger partial charge in [-0.3, -0.25) is 4.98 Å². The van der Waals surface area contributed by atoms with Gasteiger partial charge in [0, 0.05) is 10.7 Å². The second kappa shape index (κ2) is 6.44. The van der Waals surface area contributed by atoms with Crippen molar-refractivity contribution in [2.75, 3.05) is 0 Å². The van der Waals surface area contributed by atoms with E-state index in [1.54, 1.807) is 18.5 Å². The molecule has 0 atom stereocenters. The maximum atomic E-state index is 9.36. The first kappa shape index (κ1) is 14.4. The average Bonchev–Trinajstić information content (AvgIpc) is 2.46. The van der Waals surface area contributed by atoms with E-state index in [1.165, 1.54) is 0 Å². The van der Waals surface area contributed by atoms with Crippen LogP contribution in [-0.4, -0.2) is 15.2 Å². The van der Waals surface area contributed by atoms with Crippen LogP contribution in [0.15, 0.2) is 22.9 Å². The molecule has 0 aliphatic carbocycles. The highest BCUT2D eigenvalue weighted by Crippen LogP contribution is 2.27. The van der Waals surface area contributed by atoms with Crippen molar-refractivity contribution in [2.45, 2.75) is 26.7 Å². The van der Waals surface area contributed by atoms with Crippen LogP contribution in [0.25, 0.3) is 0 Å². The van der Waals surface area contributed by atoms with Crippen LogP contribution in [0.4, 0.5) is 0 Å². The third kappa shape index (κ3) is 2.94. The van der Waals surface area contributed by atoms with Crippen LogP contribution in [0.1, 0.15) is 30.7 Å². The van der Waals surface area contributed by atoms with Crippen molar-refractivity contribution in [2.24, 2.45) is 0 Å². The van der Waals surface area contributed by atoms with Crippen LogP contribution in [0, 0.1) is 11.3 Å². The quantitative estimate of drug-likeness (QED) is 0.857. The second-order valence-electron chi connectivity index (χ2n) is 4.07. The van der Waals surface area contributed by atoms with Crippen LogP contribution in [-0.2, 0) is 12.8 Å². The van der Waals surface area contributed by atoms with Gasteiger partial charge in [0.1, 0.15) is 17.4 Å². The van der Waals surface area contributed by atoms with E-state index in [1.807, 2.05) is 13.8 Å². The van der Waals surface area contributed by atoms with Gasteiger partial charge in [0.05, 0.1) is 11.9 Å². The Kier molecular flexibility index (Phi) is 4.64. The fourth-order valence-corrected chi connectivity index (χ4v) is 2.24. The molecule has 6 heteroatoms. The van der Waals surface area contributed by atoms with E-state index in [9.17, 15) is 5.26 Å². The van der Waals surface area contributed by atoms with Gasteiger partial charge in [0.2, 0.25) is 0 Å². The van der Waals surface area contributed by atoms with Crippen molar-refractivity contribution in [3.8, 4) is 17.7 Å². The Labute approximate surface area is 125 Å². The molecule has 0 unspecified atom stereocenters. The molecule has 5 nitrogen and oxygen atoms in total. The minimum absolute atomic E-state index is 0.224. The van der Waals surface area contributed by atoms with E-state index >= 15 is 0 Å². The predicted octanol–water partition coefficient (Wildman–Crippen LogP) is 3.42. The molecule has 0 amide bonds. The Balaban J connectivity index is 2.45. The lowest BCUT2D eigenvalue weighted by atomic mass is 10.0. The Bertz CT molecular complexity index is 667. The summed E-state index contributed by atoms with van der Waals surface area (Å²) >= 11 is 3.32. The van der Waals surface area contributed by atoms with Gasteiger partial charge >= 0.3 is 0 Å². The van der Waals surface area contributed by atoms with E-state index < -0.39 is 0 Å². The van der Waals surface area contributed by atoms with Crippen molar-refractivity contribution in [1.29, 1.82) is 5.26 Å². The smallest absolute Gasteiger partial charge is 0.257 e.